The smallest absolute Gasteiger partial charge is 0.274 e. The second-order valence-electron chi connectivity index (χ2n) is 7.11. The SMILES string of the molecule is CNc1cc(Nc2cccn(C3CCCCC3O)c2=O)nc2c(C(N)=O)cnn12. The molecular formula is C19H23N7O3. The summed E-state index contributed by atoms with van der Waals surface area (Å²) in [6.07, 6.45) is 5.92. The zero-order valence-electron chi connectivity index (χ0n) is 16.0. The number of amides is 1. The largest absolute Gasteiger partial charge is 0.391 e. The molecule has 1 aliphatic rings. The molecule has 3 aromatic heterocycles. The van der Waals surface area contributed by atoms with Crippen molar-refractivity contribution in [2.24, 2.45) is 5.73 Å². The average molecular weight is 397 g/mol. The Kier molecular flexibility index (Phi) is 4.93. The summed E-state index contributed by atoms with van der Waals surface area (Å²) in [5.41, 5.74) is 5.95. The van der Waals surface area contributed by atoms with Crippen molar-refractivity contribution < 1.29 is 9.90 Å². The van der Waals surface area contributed by atoms with Crippen molar-refractivity contribution in [1.82, 2.24) is 19.2 Å². The zero-order valence-corrected chi connectivity index (χ0v) is 16.0. The van der Waals surface area contributed by atoms with Gasteiger partial charge in [-0.2, -0.15) is 9.61 Å². The molecular weight excluding hydrogens is 374 g/mol. The lowest BCUT2D eigenvalue weighted by Gasteiger charge is -2.29. The fraction of sp³-hybridized carbons (Fsp3) is 0.368. The van der Waals surface area contributed by atoms with Crippen molar-refractivity contribution in [2.75, 3.05) is 17.7 Å². The molecule has 1 fully saturated rings. The van der Waals surface area contributed by atoms with Gasteiger partial charge in [0.15, 0.2) is 5.65 Å². The molecule has 3 aromatic rings. The van der Waals surface area contributed by atoms with Gasteiger partial charge in [-0.3, -0.25) is 9.59 Å². The normalized spacial score (nSPS) is 19.2. The van der Waals surface area contributed by atoms with Crippen LogP contribution < -0.4 is 21.9 Å². The third-order valence-electron chi connectivity index (χ3n) is 5.28. The summed E-state index contributed by atoms with van der Waals surface area (Å²) in [5, 5.41) is 20.5. The Labute approximate surface area is 166 Å². The molecule has 1 amide bonds. The van der Waals surface area contributed by atoms with Crippen LogP contribution in [0.5, 0.6) is 0 Å². The van der Waals surface area contributed by atoms with Crippen LogP contribution in [0.25, 0.3) is 5.65 Å². The number of aromatic nitrogens is 4. The average Bonchev–Trinajstić information content (AvgIpc) is 3.14. The predicted octanol–water partition coefficient (Wildman–Crippen LogP) is 1.25. The molecule has 0 spiro atoms. The van der Waals surface area contributed by atoms with Crippen molar-refractivity contribution in [2.45, 2.75) is 37.8 Å². The number of carbonyl (C=O) groups excluding carboxylic acids is 1. The second kappa shape index (κ2) is 7.55. The summed E-state index contributed by atoms with van der Waals surface area (Å²) >= 11 is 0. The van der Waals surface area contributed by atoms with E-state index in [9.17, 15) is 14.7 Å². The monoisotopic (exact) mass is 397 g/mol. The van der Waals surface area contributed by atoms with Crippen LogP contribution in [0, 0.1) is 0 Å². The fourth-order valence-corrected chi connectivity index (χ4v) is 3.80. The zero-order chi connectivity index (χ0) is 20.5. The molecule has 10 heteroatoms. The summed E-state index contributed by atoms with van der Waals surface area (Å²) in [7, 11) is 1.71. The van der Waals surface area contributed by atoms with Gasteiger partial charge in [0.1, 0.15) is 22.9 Å². The van der Waals surface area contributed by atoms with Crippen LogP contribution in [0.1, 0.15) is 42.1 Å². The van der Waals surface area contributed by atoms with E-state index in [4.69, 9.17) is 5.73 Å². The number of nitrogens with two attached hydrogens (primary N) is 1. The number of carbonyl (C=O) groups is 1. The number of hydrogen-bond donors (Lipinski definition) is 4. The topological polar surface area (TPSA) is 140 Å². The van der Waals surface area contributed by atoms with Gasteiger partial charge < -0.3 is 26.0 Å². The van der Waals surface area contributed by atoms with Crippen LogP contribution in [0.4, 0.5) is 17.3 Å². The molecule has 4 rings (SSSR count). The summed E-state index contributed by atoms with van der Waals surface area (Å²) in [5.74, 6) is 0.299. The molecule has 0 bridgehead atoms. The van der Waals surface area contributed by atoms with Gasteiger partial charge >= 0.3 is 0 Å². The molecule has 1 aliphatic carbocycles. The number of aliphatic hydroxyl groups excluding tert-OH is 1. The Morgan fingerprint density at radius 2 is 2.14 bits per heavy atom. The van der Waals surface area contributed by atoms with Crippen molar-refractivity contribution in [3.8, 4) is 0 Å². The van der Waals surface area contributed by atoms with E-state index in [2.05, 4.69) is 20.7 Å². The Morgan fingerprint density at radius 3 is 2.86 bits per heavy atom. The predicted molar refractivity (Wildman–Crippen MR) is 109 cm³/mol. The third kappa shape index (κ3) is 3.42. The molecule has 2 atom stereocenters. The summed E-state index contributed by atoms with van der Waals surface area (Å²) < 4.78 is 3.05. The number of nitrogens with zero attached hydrogens (tertiary/aromatic N) is 4. The highest BCUT2D eigenvalue weighted by molar-refractivity contribution is 5.98. The van der Waals surface area contributed by atoms with Crippen molar-refractivity contribution >= 4 is 28.9 Å². The van der Waals surface area contributed by atoms with Gasteiger partial charge in [0.25, 0.3) is 11.5 Å². The van der Waals surface area contributed by atoms with E-state index in [1.54, 1.807) is 36.0 Å². The van der Waals surface area contributed by atoms with Crippen LogP contribution in [0.15, 0.2) is 35.4 Å². The molecule has 0 saturated heterocycles. The van der Waals surface area contributed by atoms with Crippen LogP contribution in [-0.2, 0) is 0 Å². The Hall–Kier alpha value is -3.40. The maximum absolute atomic E-state index is 13.0. The number of rotatable bonds is 5. The number of primary amides is 1. The first-order valence-electron chi connectivity index (χ1n) is 9.52. The lowest BCUT2D eigenvalue weighted by molar-refractivity contribution is 0.0739. The van der Waals surface area contributed by atoms with Gasteiger partial charge in [0.05, 0.1) is 18.3 Å². The van der Waals surface area contributed by atoms with Gasteiger partial charge in [-0.1, -0.05) is 12.8 Å². The van der Waals surface area contributed by atoms with Crippen molar-refractivity contribution in [3.63, 3.8) is 0 Å². The second-order valence-corrected chi connectivity index (χ2v) is 7.11. The van der Waals surface area contributed by atoms with E-state index in [1.165, 1.54) is 10.7 Å². The van der Waals surface area contributed by atoms with Crippen LogP contribution >= 0.6 is 0 Å². The van der Waals surface area contributed by atoms with E-state index < -0.39 is 12.0 Å². The lowest BCUT2D eigenvalue weighted by Crippen LogP contribution is -2.34. The van der Waals surface area contributed by atoms with Crippen LogP contribution in [-0.4, -0.2) is 43.3 Å². The van der Waals surface area contributed by atoms with Crippen LogP contribution in [0.2, 0.25) is 0 Å². The fourth-order valence-electron chi connectivity index (χ4n) is 3.80. The molecule has 0 aliphatic heterocycles. The molecule has 0 aromatic carbocycles. The van der Waals surface area contributed by atoms with E-state index >= 15 is 0 Å². The Balaban J connectivity index is 1.73. The number of anilines is 3. The quantitative estimate of drug-likeness (QED) is 0.508. The Morgan fingerprint density at radius 1 is 1.34 bits per heavy atom. The number of nitrogens with one attached hydrogen (secondary N) is 2. The number of aliphatic hydroxyl groups is 1. The molecule has 10 nitrogen and oxygen atoms in total. The molecule has 29 heavy (non-hydrogen) atoms. The summed E-state index contributed by atoms with van der Waals surface area (Å²) in [6, 6.07) is 4.86. The molecule has 1 saturated carbocycles. The molecule has 0 radical (unpaired) electrons. The Bertz CT molecular complexity index is 1120. The van der Waals surface area contributed by atoms with Gasteiger partial charge in [-0.25, -0.2) is 4.98 Å². The van der Waals surface area contributed by atoms with Gasteiger partial charge in [-0.05, 0) is 25.0 Å². The maximum atomic E-state index is 13.0. The third-order valence-corrected chi connectivity index (χ3v) is 5.28. The first-order valence-corrected chi connectivity index (χ1v) is 9.52. The van der Waals surface area contributed by atoms with E-state index in [-0.39, 0.29) is 22.8 Å². The molecule has 2 unspecified atom stereocenters. The number of hydrogen-bond acceptors (Lipinski definition) is 7. The van der Waals surface area contributed by atoms with Gasteiger partial charge in [-0.15, -0.1) is 0 Å². The summed E-state index contributed by atoms with van der Waals surface area (Å²) in [4.78, 5) is 29.1. The molecule has 3 heterocycles. The standard InChI is InChI=1S/C19H23N7O3/c1-21-16-9-15(24-18-11(17(20)28)10-22-26(16)18)23-12-5-4-8-25(19(12)29)13-6-2-3-7-14(13)27/h4-5,8-10,13-14,21,27H,2-3,6-7H2,1H3,(H2,20,28)(H,23,24). The maximum Gasteiger partial charge on any atom is 0.274 e. The highest BCUT2D eigenvalue weighted by Crippen LogP contribution is 2.28. The first-order chi connectivity index (χ1) is 14.0. The minimum Gasteiger partial charge on any atom is -0.391 e. The van der Waals surface area contributed by atoms with E-state index in [0.29, 0.717) is 23.7 Å². The summed E-state index contributed by atoms with van der Waals surface area (Å²) in [6.45, 7) is 0. The van der Waals surface area contributed by atoms with Crippen molar-refractivity contribution in [1.29, 1.82) is 0 Å². The number of pyridine rings is 1. The van der Waals surface area contributed by atoms with E-state index in [1.807, 2.05) is 0 Å². The highest BCUT2D eigenvalue weighted by atomic mass is 16.3. The van der Waals surface area contributed by atoms with Gasteiger partial charge in [0, 0.05) is 19.3 Å². The minimum absolute atomic E-state index is 0.181. The first kappa shape index (κ1) is 18.9. The molecule has 152 valence electrons. The highest BCUT2D eigenvalue weighted by Gasteiger charge is 2.25. The molecule has 5 N–H and O–H groups in total. The van der Waals surface area contributed by atoms with E-state index in [0.717, 1.165) is 19.3 Å². The lowest BCUT2D eigenvalue weighted by atomic mass is 9.92. The van der Waals surface area contributed by atoms with Crippen molar-refractivity contribution in [3.05, 3.63) is 46.5 Å². The van der Waals surface area contributed by atoms with Crippen LogP contribution in [0.3, 0.4) is 0 Å². The van der Waals surface area contributed by atoms with Gasteiger partial charge in [0.2, 0.25) is 0 Å². The number of fused-ring (bicyclic) bond motifs is 1. The minimum atomic E-state index is -0.639.